The molecule has 2 aliphatic heterocycles. The molecule has 1 unspecified atom stereocenters. The molecule has 2 bridgehead atoms. The number of hydrogen-bond acceptors (Lipinski definition) is 7. The summed E-state index contributed by atoms with van der Waals surface area (Å²) in [5, 5.41) is 0.387. The van der Waals surface area contributed by atoms with Gasteiger partial charge in [-0.2, -0.15) is 0 Å². The van der Waals surface area contributed by atoms with Crippen LogP contribution in [0.15, 0.2) is 67.0 Å². The second kappa shape index (κ2) is 14.5. The minimum absolute atomic E-state index is 0.0141. The molecule has 8 nitrogen and oxygen atoms in total. The summed E-state index contributed by atoms with van der Waals surface area (Å²) in [6, 6.07) is 14.2. The maximum absolute atomic E-state index is 14.0. The number of hydrogen-bond donors (Lipinski definition) is 1. The van der Waals surface area contributed by atoms with E-state index in [-0.39, 0.29) is 28.4 Å². The zero-order valence-corrected chi connectivity index (χ0v) is 32.8. The predicted octanol–water partition coefficient (Wildman–Crippen LogP) is 7.18. The van der Waals surface area contributed by atoms with Gasteiger partial charge >= 0.3 is 0 Å². The maximum atomic E-state index is 14.0. The second-order valence-corrected chi connectivity index (χ2v) is 18.9. The van der Waals surface area contributed by atoms with Crippen LogP contribution in [-0.2, 0) is 38.4 Å². The van der Waals surface area contributed by atoms with Gasteiger partial charge < -0.3 is 19.3 Å². The third-order valence-corrected chi connectivity index (χ3v) is 14.8. The molecule has 10 heteroatoms. The number of amides is 1. The Morgan fingerprint density at radius 2 is 1.98 bits per heavy atom. The zero-order valence-electron chi connectivity index (χ0n) is 31.2. The topological polar surface area (TPSA) is 84.0 Å². The van der Waals surface area contributed by atoms with Gasteiger partial charge in [0.1, 0.15) is 11.4 Å². The van der Waals surface area contributed by atoms with E-state index in [9.17, 15) is 9.00 Å². The van der Waals surface area contributed by atoms with Crippen molar-refractivity contribution in [2.75, 3.05) is 45.8 Å². The van der Waals surface area contributed by atoms with Crippen LogP contribution in [0.5, 0.6) is 5.75 Å². The number of fused-ring (bicyclic) bond motifs is 4. The fourth-order valence-corrected chi connectivity index (χ4v) is 10.8. The Bertz CT molecular complexity index is 1970. The molecule has 278 valence electrons. The molecule has 2 aromatic carbocycles. The molecule has 0 saturated heterocycles. The largest absolute Gasteiger partial charge is 0.490 e. The number of halogens is 1. The summed E-state index contributed by atoms with van der Waals surface area (Å²) in [7, 11) is 2.97. The molecular weight excluding hydrogens is 692 g/mol. The first kappa shape index (κ1) is 37.0. The molecule has 52 heavy (non-hydrogen) atoms. The fourth-order valence-electron chi connectivity index (χ4n) is 9.15. The standard InChI is InChI=1S/C42H53ClN4O4S/c1-28-9-7-18-42(50-5,34-19-30(22-44-23-34)24-46(3)4)37-14-11-33(37)25-47-26-41(17-8-10-31-20-35(43)13-15-36(31)41)27-51-39-16-12-32(21-38(39)47)40(48)45-52(6,49)29(28)2/h7,12-13,15-16,18-23,28-29,33,37H,6,8-11,14,17,24-27H2,1-5H3,(H,45,48,49)/b18-7+/t28-,29+,33-,37+,41-,42+,52?/m0/s1. The minimum atomic E-state index is -2.98. The monoisotopic (exact) mass is 744 g/mol. The van der Waals surface area contributed by atoms with Crippen molar-refractivity contribution in [2.24, 2.45) is 17.8 Å². The molecule has 1 spiro atoms. The summed E-state index contributed by atoms with van der Waals surface area (Å²) in [5.41, 5.74) is 5.12. The van der Waals surface area contributed by atoms with Gasteiger partial charge in [-0.25, -0.2) is 4.21 Å². The number of aromatic nitrogens is 1. The van der Waals surface area contributed by atoms with Crippen molar-refractivity contribution in [1.29, 1.82) is 0 Å². The molecule has 1 aromatic heterocycles. The number of anilines is 1. The van der Waals surface area contributed by atoms with Gasteiger partial charge in [-0.15, -0.1) is 0 Å². The molecule has 1 fully saturated rings. The molecule has 1 amide bonds. The van der Waals surface area contributed by atoms with Crippen LogP contribution in [0, 0.1) is 17.8 Å². The fraction of sp³-hybridized carbons (Fsp3) is 0.500. The number of nitrogens with zero attached hydrogens (tertiary/aromatic N) is 3. The average molecular weight is 745 g/mol. The quantitative estimate of drug-likeness (QED) is 0.224. The smallest absolute Gasteiger partial charge is 0.262 e. The van der Waals surface area contributed by atoms with Crippen molar-refractivity contribution >= 4 is 38.8 Å². The van der Waals surface area contributed by atoms with Crippen molar-refractivity contribution in [3.05, 3.63) is 99.9 Å². The van der Waals surface area contributed by atoms with Crippen LogP contribution in [-0.4, -0.2) is 72.0 Å². The number of carbonyl (C=O) groups is 1. The van der Waals surface area contributed by atoms with Gasteiger partial charge in [0.2, 0.25) is 0 Å². The van der Waals surface area contributed by atoms with Gasteiger partial charge in [-0.05, 0) is 130 Å². The van der Waals surface area contributed by atoms with Crippen molar-refractivity contribution in [3.63, 3.8) is 0 Å². The first-order valence-electron chi connectivity index (χ1n) is 18.6. The van der Waals surface area contributed by atoms with E-state index in [4.69, 9.17) is 26.1 Å². The third kappa shape index (κ3) is 6.90. The highest BCUT2D eigenvalue weighted by Crippen LogP contribution is 2.52. The lowest BCUT2D eigenvalue weighted by Crippen LogP contribution is -2.52. The molecule has 3 heterocycles. The first-order valence-corrected chi connectivity index (χ1v) is 20.8. The zero-order chi connectivity index (χ0) is 36.8. The van der Waals surface area contributed by atoms with Gasteiger partial charge in [0.25, 0.3) is 5.91 Å². The lowest BCUT2D eigenvalue weighted by atomic mass is 9.62. The number of ether oxygens (including phenoxy) is 2. The highest BCUT2D eigenvalue weighted by molar-refractivity contribution is 7.99. The van der Waals surface area contributed by atoms with Crippen LogP contribution in [0.1, 0.15) is 78.6 Å². The van der Waals surface area contributed by atoms with Crippen LogP contribution in [0.4, 0.5) is 5.69 Å². The molecular formula is C42H53ClN4O4S. The van der Waals surface area contributed by atoms with E-state index in [0.29, 0.717) is 24.5 Å². The summed E-state index contributed by atoms with van der Waals surface area (Å²) in [5.74, 6) is 4.88. The Hall–Kier alpha value is -3.37. The third-order valence-electron chi connectivity index (χ3n) is 12.3. The Labute approximate surface area is 315 Å². The lowest BCUT2D eigenvalue weighted by molar-refractivity contribution is -0.0806. The van der Waals surface area contributed by atoms with Crippen LogP contribution >= 0.6 is 11.6 Å². The van der Waals surface area contributed by atoms with E-state index in [1.807, 2.05) is 44.6 Å². The second-order valence-electron chi connectivity index (χ2n) is 16.0. The number of carbonyl (C=O) groups excluding carboxylic acids is 1. The number of methoxy groups -OCH3 is 1. The van der Waals surface area contributed by atoms with Crippen molar-refractivity contribution in [1.82, 2.24) is 14.6 Å². The van der Waals surface area contributed by atoms with Crippen LogP contribution in [0.2, 0.25) is 5.02 Å². The van der Waals surface area contributed by atoms with Gasteiger partial charge in [0.15, 0.2) is 0 Å². The highest BCUT2D eigenvalue weighted by Gasteiger charge is 2.50. The van der Waals surface area contributed by atoms with Crippen LogP contribution in [0.3, 0.4) is 0 Å². The normalized spacial score (nSPS) is 32.5. The van der Waals surface area contributed by atoms with Crippen molar-refractivity contribution in [3.8, 4) is 5.75 Å². The minimum Gasteiger partial charge on any atom is -0.490 e. The van der Waals surface area contributed by atoms with E-state index in [2.05, 4.69) is 71.8 Å². The summed E-state index contributed by atoms with van der Waals surface area (Å²) in [4.78, 5) is 23.1. The molecule has 0 radical (unpaired) electrons. The van der Waals surface area contributed by atoms with E-state index < -0.39 is 15.3 Å². The average Bonchev–Trinajstić information content (AvgIpc) is 3.25. The summed E-state index contributed by atoms with van der Waals surface area (Å²) >= 11 is 6.51. The van der Waals surface area contributed by atoms with Crippen LogP contribution < -0.4 is 14.4 Å². The SMILES string of the molecule is C=S1(=O)NC(=O)c2ccc3c(c2)N(C[C@@H]2CC[C@H]2[C@](OC)(c2cncc(CN(C)C)c2)/C=C/C[C@H](C)[C@H]1C)C[C@@]1(CCCc2cc(Cl)ccc21)CO3. The first-order chi connectivity index (χ1) is 24.8. The Balaban J connectivity index is 1.36. The predicted molar refractivity (Wildman–Crippen MR) is 212 cm³/mol. The number of aryl methyl sites for hydroxylation is 1. The highest BCUT2D eigenvalue weighted by atomic mass is 35.5. The molecule has 4 aliphatic rings. The number of rotatable bonds is 4. The molecule has 1 saturated carbocycles. The Morgan fingerprint density at radius 1 is 1.15 bits per heavy atom. The van der Waals surface area contributed by atoms with Gasteiger partial charge in [0.05, 0.1) is 22.0 Å². The number of pyridine rings is 1. The van der Waals surface area contributed by atoms with Gasteiger partial charge in [0, 0.05) is 71.9 Å². The lowest BCUT2D eigenvalue weighted by Gasteiger charge is -2.50. The Morgan fingerprint density at radius 3 is 2.73 bits per heavy atom. The molecule has 3 aromatic rings. The van der Waals surface area contributed by atoms with Crippen molar-refractivity contribution < 1.29 is 18.5 Å². The summed E-state index contributed by atoms with van der Waals surface area (Å²) in [6.45, 7) is 6.79. The molecule has 7 atom stereocenters. The van der Waals surface area contributed by atoms with Gasteiger partial charge in [-0.1, -0.05) is 36.7 Å². The summed E-state index contributed by atoms with van der Waals surface area (Å²) in [6.07, 6.45) is 14.1. The van der Waals surface area contributed by atoms with E-state index in [1.165, 1.54) is 11.1 Å². The molecule has 1 N–H and O–H groups in total. The van der Waals surface area contributed by atoms with Crippen LogP contribution in [0.25, 0.3) is 0 Å². The number of benzene rings is 2. The molecule has 2 aliphatic carbocycles. The Kier molecular flexibility index (Phi) is 10.3. The van der Waals surface area contributed by atoms with Gasteiger partial charge in [-0.3, -0.25) is 14.5 Å². The van der Waals surface area contributed by atoms with Crippen molar-refractivity contribution in [2.45, 2.75) is 75.2 Å². The maximum Gasteiger partial charge on any atom is 0.262 e. The number of allylic oxidation sites excluding steroid dienone is 1. The summed E-state index contributed by atoms with van der Waals surface area (Å²) < 4.78 is 30.3. The van der Waals surface area contributed by atoms with E-state index >= 15 is 0 Å². The molecule has 7 rings (SSSR count). The van der Waals surface area contributed by atoms with E-state index in [1.54, 1.807) is 6.07 Å². The van der Waals surface area contributed by atoms with E-state index in [0.717, 1.165) is 79.3 Å². The number of nitrogens with one attached hydrogen (secondary N) is 1.